The first-order valence-electron chi connectivity index (χ1n) is 7.10. The van der Waals surface area contributed by atoms with Crippen LogP contribution < -0.4 is 5.32 Å². The highest BCUT2D eigenvalue weighted by molar-refractivity contribution is 5.92. The number of nitrogens with one attached hydrogen (secondary N) is 2. The molecule has 3 aromatic rings. The highest BCUT2D eigenvalue weighted by Crippen LogP contribution is 2.26. The molecule has 0 unspecified atom stereocenters. The van der Waals surface area contributed by atoms with E-state index in [1.54, 1.807) is 0 Å². The number of hydrogen-bond donors (Lipinski definition) is 2. The second kappa shape index (κ2) is 5.88. The summed E-state index contributed by atoms with van der Waals surface area (Å²) in [6.45, 7) is 4.18. The zero-order valence-corrected chi connectivity index (χ0v) is 11.7. The summed E-state index contributed by atoms with van der Waals surface area (Å²) in [5, 5.41) is 4.59. The number of H-pyrrole nitrogens is 1. The van der Waals surface area contributed by atoms with Gasteiger partial charge in [0.25, 0.3) is 0 Å². The molecule has 0 spiro atoms. The average Bonchev–Trinajstić information content (AvgIpc) is 2.97. The molecular weight excluding hydrogens is 246 g/mol. The Labute approximate surface area is 119 Å². The van der Waals surface area contributed by atoms with Gasteiger partial charge in [0.2, 0.25) is 0 Å². The van der Waals surface area contributed by atoms with E-state index in [0.29, 0.717) is 0 Å². The minimum absolute atomic E-state index is 0.935. The molecule has 1 aromatic carbocycles. The molecule has 0 amide bonds. The maximum Gasteiger partial charge on any atom is 0.137 e. The lowest BCUT2D eigenvalue weighted by Crippen LogP contribution is -2.13. The summed E-state index contributed by atoms with van der Waals surface area (Å²) in [5.74, 6) is 0. The molecule has 2 heterocycles. The fraction of sp³-hybridized carbons (Fsp3) is 0.235. The van der Waals surface area contributed by atoms with Crippen molar-refractivity contribution in [2.45, 2.75) is 19.9 Å². The van der Waals surface area contributed by atoms with Crippen molar-refractivity contribution in [1.29, 1.82) is 0 Å². The lowest BCUT2D eigenvalue weighted by molar-refractivity contribution is 0.675. The second-order valence-corrected chi connectivity index (χ2v) is 4.97. The van der Waals surface area contributed by atoms with Crippen molar-refractivity contribution < 1.29 is 0 Å². The Morgan fingerprint density at radius 2 is 1.95 bits per heavy atom. The molecule has 0 saturated carbocycles. The van der Waals surface area contributed by atoms with Gasteiger partial charge >= 0.3 is 0 Å². The van der Waals surface area contributed by atoms with E-state index in [-0.39, 0.29) is 0 Å². The van der Waals surface area contributed by atoms with Crippen molar-refractivity contribution >= 4 is 11.0 Å². The van der Waals surface area contributed by atoms with E-state index < -0.39 is 0 Å². The Kier molecular flexibility index (Phi) is 3.79. The van der Waals surface area contributed by atoms with Crippen LogP contribution in [0.5, 0.6) is 0 Å². The van der Waals surface area contributed by atoms with Gasteiger partial charge in [-0.15, -0.1) is 0 Å². The molecule has 20 heavy (non-hydrogen) atoms. The predicted octanol–water partition coefficient (Wildman–Crippen LogP) is 3.73. The van der Waals surface area contributed by atoms with Gasteiger partial charge in [-0.25, -0.2) is 4.98 Å². The highest BCUT2D eigenvalue weighted by atomic mass is 14.8. The monoisotopic (exact) mass is 265 g/mol. The maximum atomic E-state index is 4.33. The Bertz CT molecular complexity index is 683. The molecule has 0 aliphatic heterocycles. The van der Waals surface area contributed by atoms with Crippen LogP contribution in [0.1, 0.15) is 18.9 Å². The van der Waals surface area contributed by atoms with Gasteiger partial charge in [-0.3, -0.25) is 0 Å². The Balaban J connectivity index is 1.85. The Morgan fingerprint density at radius 3 is 2.75 bits per heavy atom. The van der Waals surface area contributed by atoms with E-state index >= 15 is 0 Å². The zero-order chi connectivity index (χ0) is 13.8. The number of pyridine rings is 1. The molecule has 0 bridgehead atoms. The molecule has 0 aliphatic carbocycles. The number of fused-ring (bicyclic) bond motifs is 1. The van der Waals surface area contributed by atoms with E-state index in [1.165, 1.54) is 28.5 Å². The number of nitrogens with zero attached hydrogens (tertiary/aromatic N) is 1. The summed E-state index contributed by atoms with van der Waals surface area (Å²) in [7, 11) is 0. The minimum atomic E-state index is 0.935. The summed E-state index contributed by atoms with van der Waals surface area (Å²) in [6, 6.07) is 12.9. The minimum Gasteiger partial charge on any atom is -0.346 e. The third-order valence-corrected chi connectivity index (χ3v) is 3.48. The molecule has 0 fully saturated rings. The van der Waals surface area contributed by atoms with Gasteiger partial charge in [-0.2, -0.15) is 0 Å². The van der Waals surface area contributed by atoms with Crippen LogP contribution in [0.15, 0.2) is 48.8 Å². The summed E-state index contributed by atoms with van der Waals surface area (Å²) in [4.78, 5) is 7.48. The quantitative estimate of drug-likeness (QED) is 0.690. The van der Waals surface area contributed by atoms with Gasteiger partial charge in [0.05, 0.1) is 0 Å². The van der Waals surface area contributed by atoms with Crippen molar-refractivity contribution in [3.05, 3.63) is 54.4 Å². The second-order valence-electron chi connectivity index (χ2n) is 4.97. The molecule has 0 aliphatic rings. The van der Waals surface area contributed by atoms with Gasteiger partial charge in [-0.1, -0.05) is 31.2 Å². The summed E-state index contributed by atoms with van der Waals surface area (Å²) in [6.07, 6.45) is 4.95. The maximum absolute atomic E-state index is 4.33. The highest BCUT2D eigenvalue weighted by Gasteiger charge is 2.05. The number of aromatic amines is 1. The van der Waals surface area contributed by atoms with E-state index in [4.69, 9.17) is 0 Å². The Morgan fingerprint density at radius 1 is 1.10 bits per heavy atom. The summed E-state index contributed by atoms with van der Waals surface area (Å²) in [5.41, 5.74) is 4.72. The molecular formula is C17H19N3. The van der Waals surface area contributed by atoms with Crippen LogP contribution in [-0.4, -0.2) is 16.5 Å². The number of hydrogen-bond acceptors (Lipinski definition) is 2. The molecule has 2 N–H and O–H groups in total. The topological polar surface area (TPSA) is 40.7 Å². The molecule has 3 nitrogen and oxygen atoms in total. The third kappa shape index (κ3) is 2.58. The van der Waals surface area contributed by atoms with E-state index in [0.717, 1.165) is 18.7 Å². The van der Waals surface area contributed by atoms with E-state index in [1.807, 2.05) is 12.4 Å². The van der Waals surface area contributed by atoms with Crippen LogP contribution in [0.25, 0.3) is 22.2 Å². The standard InChI is InChI=1S/C17H19N3/c1-2-9-18-12-13-3-5-14(6-4-13)15-7-10-19-17-16(15)8-11-20-17/h3-8,10-11,18H,2,9,12H2,1H3,(H,19,20). The molecule has 3 rings (SSSR count). The van der Waals surface area contributed by atoms with Crippen LogP contribution in [0.4, 0.5) is 0 Å². The summed E-state index contributed by atoms with van der Waals surface area (Å²) < 4.78 is 0. The SMILES string of the molecule is CCCNCc1ccc(-c2ccnc3[nH]ccc23)cc1. The first kappa shape index (κ1) is 12.9. The molecule has 102 valence electrons. The number of rotatable bonds is 5. The van der Waals surface area contributed by atoms with Crippen LogP contribution in [0.3, 0.4) is 0 Å². The first-order valence-corrected chi connectivity index (χ1v) is 7.10. The van der Waals surface area contributed by atoms with Crippen LogP contribution >= 0.6 is 0 Å². The lowest BCUT2D eigenvalue weighted by atomic mass is 10.0. The van der Waals surface area contributed by atoms with Crippen molar-refractivity contribution in [3.63, 3.8) is 0 Å². The van der Waals surface area contributed by atoms with E-state index in [9.17, 15) is 0 Å². The number of benzene rings is 1. The van der Waals surface area contributed by atoms with Crippen LogP contribution in [0.2, 0.25) is 0 Å². The van der Waals surface area contributed by atoms with Gasteiger partial charge in [-0.05, 0) is 41.8 Å². The van der Waals surface area contributed by atoms with Crippen molar-refractivity contribution in [1.82, 2.24) is 15.3 Å². The average molecular weight is 265 g/mol. The lowest BCUT2D eigenvalue weighted by Gasteiger charge is -2.06. The van der Waals surface area contributed by atoms with Crippen molar-refractivity contribution in [2.75, 3.05) is 6.54 Å². The van der Waals surface area contributed by atoms with Crippen molar-refractivity contribution in [2.24, 2.45) is 0 Å². The molecule has 0 atom stereocenters. The smallest absolute Gasteiger partial charge is 0.137 e. The van der Waals surface area contributed by atoms with Gasteiger partial charge in [0.1, 0.15) is 5.65 Å². The normalized spacial score (nSPS) is 11.1. The zero-order valence-electron chi connectivity index (χ0n) is 11.7. The van der Waals surface area contributed by atoms with Gasteiger partial charge in [0.15, 0.2) is 0 Å². The molecule has 2 aromatic heterocycles. The largest absolute Gasteiger partial charge is 0.346 e. The van der Waals surface area contributed by atoms with Gasteiger partial charge < -0.3 is 10.3 Å². The molecule has 3 heteroatoms. The van der Waals surface area contributed by atoms with Crippen LogP contribution in [0, 0.1) is 0 Å². The summed E-state index contributed by atoms with van der Waals surface area (Å²) >= 11 is 0. The fourth-order valence-corrected chi connectivity index (χ4v) is 2.42. The number of aromatic nitrogens is 2. The molecule has 0 saturated heterocycles. The first-order chi connectivity index (χ1) is 9.88. The predicted molar refractivity (Wildman–Crippen MR) is 83.5 cm³/mol. The third-order valence-electron chi connectivity index (χ3n) is 3.48. The van der Waals surface area contributed by atoms with Gasteiger partial charge in [0, 0.05) is 24.3 Å². The van der Waals surface area contributed by atoms with E-state index in [2.05, 4.69) is 58.6 Å². The molecule has 0 radical (unpaired) electrons. The van der Waals surface area contributed by atoms with Crippen molar-refractivity contribution in [3.8, 4) is 11.1 Å². The fourth-order valence-electron chi connectivity index (χ4n) is 2.42. The Hall–Kier alpha value is -2.13. The van der Waals surface area contributed by atoms with Crippen LogP contribution in [-0.2, 0) is 6.54 Å².